The molecule has 2 aromatic rings. The smallest absolute Gasteiger partial charge is 0.275 e. The molecule has 0 aliphatic carbocycles. The molecule has 1 unspecified atom stereocenters. The molecule has 6 nitrogen and oxygen atoms in total. The third kappa shape index (κ3) is 2.98. The van der Waals surface area contributed by atoms with Crippen LogP contribution in [0.1, 0.15) is 28.5 Å². The SMILES string of the molecule is CC(N)c1nc(C(=O)Nc2ccc3c(c2)OCCO3)cs1. The number of amides is 1. The van der Waals surface area contributed by atoms with Crippen LogP contribution in [0.15, 0.2) is 23.6 Å². The molecule has 1 amide bonds. The van der Waals surface area contributed by atoms with Gasteiger partial charge in [-0.2, -0.15) is 0 Å². The molecule has 0 saturated heterocycles. The fourth-order valence-electron chi connectivity index (χ4n) is 1.92. The topological polar surface area (TPSA) is 86.5 Å². The molecule has 0 spiro atoms. The van der Waals surface area contributed by atoms with Gasteiger partial charge in [-0.3, -0.25) is 4.79 Å². The monoisotopic (exact) mass is 305 g/mol. The summed E-state index contributed by atoms with van der Waals surface area (Å²) in [6.45, 7) is 2.88. The Balaban J connectivity index is 1.74. The lowest BCUT2D eigenvalue weighted by molar-refractivity contribution is 0.102. The van der Waals surface area contributed by atoms with Crippen molar-refractivity contribution in [1.82, 2.24) is 4.98 Å². The standard InChI is InChI=1S/C14H15N3O3S/c1-8(15)14-17-10(7-21-14)13(18)16-9-2-3-11-12(6-9)20-5-4-19-11/h2-3,6-8H,4-5,15H2,1H3,(H,16,18). The molecule has 1 aliphatic rings. The molecule has 21 heavy (non-hydrogen) atoms. The van der Waals surface area contributed by atoms with Crippen LogP contribution in [0.4, 0.5) is 5.69 Å². The molecule has 3 rings (SSSR count). The van der Waals surface area contributed by atoms with Crippen molar-refractivity contribution < 1.29 is 14.3 Å². The second-order valence-corrected chi connectivity index (χ2v) is 5.56. The van der Waals surface area contributed by atoms with Gasteiger partial charge in [0.2, 0.25) is 0 Å². The van der Waals surface area contributed by atoms with Crippen LogP contribution in [0.25, 0.3) is 0 Å². The number of hydrogen-bond donors (Lipinski definition) is 2. The average Bonchev–Trinajstić information content (AvgIpc) is 2.97. The number of thiazole rings is 1. The molecule has 1 aromatic carbocycles. The normalized spacial score (nSPS) is 14.6. The third-order valence-corrected chi connectivity index (χ3v) is 3.99. The van der Waals surface area contributed by atoms with E-state index in [9.17, 15) is 4.79 Å². The van der Waals surface area contributed by atoms with E-state index >= 15 is 0 Å². The number of nitrogens with one attached hydrogen (secondary N) is 1. The Bertz CT molecular complexity index is 669. The number of carbonyl (C=O) groups is 1. The Hall–Kier alpha value is -2.12. The van der Waals surface area contributed by atoms with Crippen LogP contribution in [0, 0.1) is 0 Å². The zero-order chi connectivity index (χ0) is 14.8. The summed E-state index contributed by atoms with van der Waals surface area (Å²) < 4.78 is 10.9. The van der Waals surface area contributed by atoms with Gasteiger partial charge in [0, 0.05) is 17.1 Å². The van der Waals surface area contributed by atoms with Gasteiger partial charge >= 0.3 is 0 Å². The second-order valence-electron chi connectivity index (χ2n) is 4.67. The van der Waals surface area contributed by atoms with Gasteiger partial charge in [0.1, 0.15) is 23.9 Å². The minimum absolute atomic E-state index is 0.175. The number of nitrogens with two attached hydrogens (primary N) is 1. The first-order valence-corrected chi connectivity index (χ1v) is 7.43. The van der Waals surface area contributed by atoms with Crippen molar-refractivity contribution in [3.8, 4) is 11.5 Å². The Morgan fingerprint density at radius 1 is 1.38 bits per heavy atom. The number of fused-ring (bicyclic) bond motifs is 1. The molecular formula is C14H15N3O3S. The highest BCUT2D eigenvalue weighted by atomic mass is 32.1. The van der Waals surface area contributed by atoms with E-state index in [1.165, 1.54) is 11.3 Å². The molecule has 0 radical (unpaired) electrons. The van der Waals surface area contributed by atoms with Gasteiger partial charge in [-0.05, 0) is 19.1 Å². The number of nitrogens with zero attached hydrogens (tertiary/aromatic N) is 1. The van der Waals surface area contributed by atoms with E-state index in [0.717, 1.165) is 5.01 Å². The van der Waals surface area contributed by atoms with Crippen LogP contribution < -0.4 is 20.5 Å². The summed E-state index contributed by atoms with van der Waals surface area (Å²) in [5.41, 5.74) is 6.74. The van der Waals surface area contributed by atoms with Gasteiger partial charge in [-0.15, -0.1) is 11.3 Å². The Morgan fingerprint density at radius 2 is 2.14 bits per heavy atom. The molecule has 0 saturated carbocycles. The summed E-state index contributed by atoms with van der Waals surface area (Å²) in [7, 11) is 0. The van der Waals surface area contributed by atoms with Crippen LogP contribution in [0.3, 0.4) is 0 Å². The first-order chi connectivity index (χ1) is 10.1. The summed E-state index contributed by atoms with van der Waals surface area (Å²) in [6, 6.07) is 5.11. The number of rotatable bonds is 3. The van der Waals surface area contributed by atoms with E-state index in [-0.39, 0.29) is 11.9 Å². The molecular weight excluding hydrogens is 290 g/mol. The number of carbonyl (C=O) groups excluding carboxylic acids is 1. The molecule has 1 atom stereocenters. The number of ether oxygens (including phenoxy) is 2. The van der Waals surface area contributed by atoms with E-state index < -0.39 is 0 Å². The summed E-state index contributed by atoms with van der Waals surface area (Å²) >= 11 is 1.38. The van der Waals surface area contributed by atoms with Crippen LogP contribution in [-0.2, 0) is 0 Å². The van der Waals surface area contributed by atoms with Crippen LogP contribution >= 0.6 is 11.3 Å². The maximum Gasteiger partial charge on any atom is 0.275 e. The predicted molar refractivity (Wildman–Crippen MR) is 80.1 cm³/mol. The number of anilines is 1. The molecule has 110 valence electrons. The van der Waals surface area contributed by atoms with Crippen LogP contribution in [-0.4, -0.2) is 24.1 Å². The number of benzene rings is 1. The molecule has 1 aromatic heterocycles. The largest absolute Gasteiger partial charge is 0.486 e. The van der Waals surface area contributed by atoms with E-state index in [4.69, 9.17) is 15.2 Å². The van der Waals surface area contributed by atoms with Crippen molar-refractivity contribution in [2.24, 2.45) is 5.73 Å². The highest BCUT2D eigenvalue weighted by Crippen LogP contribution is 2.32. The number of aromatic nitrogens is 1. The van der Waals surface area contributed by atoms with Gasteiger partial charge in [-0.25, -0.2) is 4.98 Å². The van der Waals surface area contributed by atoms with E-state index in [2.05, 4.69) is 10.3 Å². The lowest BCUT2D eigenvalue weighted by Crippen LogP contribution is -2.16. The third-order valence-electron chi connectivity index (χ3n) is 2.94. The summed E-state index contributed by atoms with van der Waals surface area (Å²) in [4.78, 5) is 16.4. The molecule has 0 bridgehead atoms. The summed E-state index contributed by atoms with van der Waals surface area (Å²) in [5.74, 6) is 1.05. The van der Waals surface area contributed by atoms with Crippen molar-refractivity contribution in [3.05, 3.63) is 34.3 Å². The summed E-state index contributed by atoms with van der Waals surface area (Å²) in [5, 5.41) is 5.23. The highest BCUT2D eigenvalue weighted by Gasteiger charge is 2.15. The average molecular weight is 305 g/mol. The zero-order valence-electron chi connectivity index (χ0n) is 11.5. The minimum Gasteiger partial charge on any atom is -0.486 e. The Morgan fingerprint density at radius 3 is 2.86 bits per heavy atom. The summed E-state index contributed by atoms with van der Waals surface area (Å²) in [6.07, 6.45) is 0. The van der Waals surface area contributed by atoms with Gasteiger partial charge in [0.25, 0.3) is 5.91 Å². The Kier molecular flexibility index (Phi) is 3.76. The fraction of sp³-hybridized carbons (Fsp3) is 0.286. The molecule has 7 heteroatoms. The van der Waals surface area contributed by atoms with Crippen LogP contribution in [0.2, 0.25) is 0 Å². The molecule has 2 heterocycles. The van der Waals surface area contributed by atoms with Crippen LogP contribution in [0.5, 0.6) is 11.5 Å². The fourth-order valence-corrected chi connectivity index (χ4v) is 2.68. The van der Waals surface area contributed by atoms with E-state index in [0.29, 0.717) is 36.1 Å². The molecule has 0 fully saturated rings. The van der Waals surface area contributed by atoms with Crippen molar-refractivity contribution >= 4 is 22.9 Å². The van der Waals surface area contributed by atoms with Crippen molar-refractivity contribution in [3.63, 3.8) is 0 Å². The lowest BCUT2D eigenvalue weighted by Gasteiger charge is -2.18. The van der Waals surface area contributed by atoms with Gasteiger partial charge in [0.05, 0.1) is 6.04 Å². The second kappa shape index (κ2) is 5.71. The first-order valence-electron chi connectivity index (χ1n) is 6.55. The first kappa shape index (κ1) is 13.8. The predicted octanol–water partition coefficient (Wildman–Crippen LogP) is 2.19. The van der Waals surface area contributed by atoms with Gasteiger partial charge in [0.15, 0.2) is 11.5 Å². The van der Waals surface area contributed by atoms with Gasteiger partial charge < -0.3 is 20.5 Å². The zero-order valence-corrected chi connectivity index (χ0v) is 12.3. The quantitative estimate of drug-likeness (QED) is 0.907. The van der Waals surface area contributed by atoms with Crippen molar-refractivity contribution in [2.75, 3.05) is 18.5 Å². The van der Waals surface area contributed by atoms with Gasteiger partial charge in [-0.1, -0.05) is 0 Å². The maximum absolute atomic E-state index is 12.1. The minimum atomic E-state index is -0.269. The van der Waals surface area contributed by atoms with Crippen molar-refractivity contribution in [2.45, 2.75) is 13.0 Å². The van der Waals surface area contributed by atoms with Crippen molar-refractivity contribution in [1.29, 1.82) is 0 Å². The lowest BCUT2D eigenvalue weighted by atomic mass is 10.2. The van der Waals surface area contributed by atoms with E-state index in [1.807, 2.05) is 6.92 Å². The number of hydrogen-bond acceptors (Lipinski definition) is 6. The highest BCUT2D eigenvalue weighted by molar-refractivity contribution is 7.09. The Labute approximate surface area is 125 Å². The van der Waals surface area contributed by atoms with E-state index in [1.54, 1.807) is 23.6 Å². The molecule has 1 aliphatic heterocycles. The molecule has 3 N–H and O–H groups in total. The maximum atomic E-state index is 12.1.